The average molecular weight is 495 g/mol. The summed E-state index contributed by atoms with van der Waals surface area (Å²) in [6.07, 6.45) is 1.24. The van der Waals surface area contributed by atoms with Crippen LogP contribution >= 0.6 is 23.2 Å². The van der Waals surface area contributed by atoms with Gasteiger partial charge in [0.1, 0.15) is 5.69 Å². The molecule has 3 aromatic carbocycles. The van der Waals surface area contributed by atoms with E-state index in [4.69, 9.17) is 23.2 Å². The first-order valence-corrected chi connectivity index (χ1v) is 10.7. The molecule has 0 saturated heterocycles. The molecule has 4 rings (SSSR count). The molecule has 1 aromatic heterocycles. The highest BCUT2D eigenvalue weighted by molar-refractivity contribution is 6.39. The molecule has 0 saturated carbocycles. The number of anilines is 1. The third-order valence-corrected chi connectivity index (χ3v) is 5.57. The van der Waals surface area contributed by atoms with Crippen LogP contribution in [0.5, 0.6) is 0 Å². The van der Waals surface area contributed by atoms with Gasteiger partial charge < -0.3 is 20.5 Å². The molecule has 0 aliphatic heterocycles. The van der Waals surface area contributed by atoms with Crippen LogP contribution in [0.1, 0.15) is 32.0 Å². The zero-order chi connectivity index (χ0) is 24.4. The summed E-state index contributed by atoms with van der Waals surface area (Å²) in [5.41, 5.74) is 1.11. The Balaban J connectivity index is 1.80. The summed E-state index contributed by atoms with van der Waals surface area (Å²) in [5.74, 6) is -2.93. The summed E-state index contributed by atoms with van der Waals surface area (Å²) in [7, 11) is 0. The summed E-state index contributed by atoms with van der Waals surface area (Å²) < 4.78 is 0. The van der Waals surface area contributed by atoms with E-state index in [0.29, 0.717) is 27.2 Å². The molecule has 7 nitrogen and oxygen atoms in total. The fraction of sp³-hybridized carbons (Fsp3) is 0. The molecule has 0 fully saturated rings. The number of halogens is 2. The Labute approximate surface area is 203 Å². The summed E-state index contributed by atoms with van der Waals surface area (Å²) in [4.78, 5) is 39.2. The van der Waals surface area contributed by atoms with Crippen molar-refractivity contribution in [2.45, 2.75) is 0 Å². The Morgan fingerprint density at radius 1 is 0.882 bits per heavy atom. The minimum atomic E-state index is -1.29. The van der Waals surface area contributed by atoms with Crippen LogP contribution < -0.4 is 5.32 Å². The molecule has 34 heavy (non-hydrogen) atoms. The van der Waals surface area contributed by atoms with E-state index >= 15 is 0 Å². The molecule has 4 aromatic rings. The number of nitrogens with one attached hydrogen (secondary N) is 2. The lowest BCUT2D eigenvalue weighted by Crippen LogP contribution is -2.12. The van der Waals surface area contributed by atoms with Crippen LogP contribution in [0.3, 0.4) is 0 Å². The minimum absolute atomic E-state index is 0.0975. The second kappa shape index (κ2) is 9.43. The lowest BCUT2D eigenvalue weighted by atomic mass is 10.0. The third kappa shape index (κ3) is 4.66. The zero-order valence-electron chi connectivity index (χ0n) is 17.3. The van der Waals surface area contributed by atoms with Gasteiger partial charge in [0, 0.05) is 32.7 Å². The lowest BCUT2D eigenvalue weighted by Gasteiger charge is -2.09. The van der Waals surface area contributed by atoms with Crippen LogP contribution in [0.2, 0.25) is 10.0 Å². The lowest BCUT2D eigenvalue weighted by molar-refractivity contribution is -0.130. The van der Waals surface area contributed by atoms with Crippen molar-refractivity contribution in [2.75, 3.05) is 5.32 Å². The molecule has 0 radical (unpaired) electrons. The number of H-pyrrole nitrogens is 1. The average Bonchev–Trinajstić information content (AvgIpc) is 3.16. The molecule has 1 amide bonds. The van der Waals surface area contributed by atoms with Crippen LogP contribution in [-0.2, 0) is 4.79 Å². The first kappa shape index (κ1) is 23.1. The van der Waals surface area contributed by atoms with E-state index in [9.17, 15) is 24.6 Å². The van der Waals surface area contributed by atoms with Crippen molar-refractivity contribution >= 4 is 69.3 Å². The molecular formula is C25H16Cl2N2O5. The van der Waals surface area contributed by atoms with Crippen molar-refractivity contribution < 1.29 is 24.6 Å². The molecular weight excluding hydrogens is 479 g/mol. The second-order valence-electron chi connectivity index (χ2n) is 7.29. The van der Waals surface area contributed by atoms with E-state index in [0.717, 1.165) is 0 Å². The van der Waals surface area contributed by atoms with Crippen LogP contribution in [-0.4, -0.2) is 33.0 Å². The maximum absolute atomic E-state index is 12.5. The fourth-order valence-electron chi connectivity index (χ4n) is 3.56. The Bertz CT molecular complexity index is 1480. The van der Waals surface area contributed by atoms with E-state index in [1.807, 2.05) is 0 Å². The Kier molecular flexibility index (Phi) is 6.40. The van der Waals surface area contributed by atoms with Crippen LogP contribution in [0.15, 0.2) is 66.7 Å². The number of carboxylic acid groups (broad SMARTS) is 2. The topological polar surface area (TPSA) is 119 Å². The van der Waals surface area contributed by atoms with Gasteiger partial charge >= 0.3 is 11.9 Å². The predicted molar refractivity (Wildman–Crippen MR) is 132 cm³/mol. The monoisotopic (exact) mass is 494 g/mol. The summed E-state index contributed by atoms with van der Waals surface area (Å²) in [5, 5.41) is 23.1. The Morgan fingerprint density at radius 2 is 1.59 bits per heavy atom. The molecule has 0 aliphatic rings. The van der Waals surface area contributed by atoms with E-state index < -0.39 is 11.9 Å². The number of fused-ring (bicyclic) bond motifs is 1. The predicted octanol–water partition coefficient (Wildman–Crippen LogP) is 6.05. The van der Waals surface area contributed by atoms with E-state index in [1.165, 1.54) is 24.3 Å². The van der Waals surface area contributed by atoms with Gasteiger partial charge in [-0.05, 0) is 48.0 Å². The number of aromatic carboxylic acids is 1. The number of hydrogen-bond acceptors (Lipinski definition) is 3. The van der Waals surface area contributed by atoms with Gasteiger partial charge in [0.15, 0.2) is 0 Å². The highest BCUT2D eigenvalue weighted by atomic mass is 35.5. The maximum atomic E-state index is 12.5. The van der Waals surface area contributed by atoms with Crippen LogP contribution in [0.4, 0.5) is 5.69 Å². The number of carbonyl (C=O) groups is 3. The molecule has 0 atom stereocenters. The molecule has 0 aliphatic carbocycles. The van der Waals surface area contributed by atoms with Gasteiger partial charge in [0.2, 0.25) is 0 Å². The molecule has 0 spiro atoms. The number of aromatic nitrogens is 1. The Morgan fingerprint density at radius 3 is 2.26 bits per heavy atom. The molecule has 1 heterocycles. The minimum Gasteiger partial charge on any atom is -0.478 e. The number of aromatic amines is 1. The van der Waals surface area contributed by atoms with Crippen LogP contribution in [0.25, 0.3) is 22.6 Å². The van der Waals surface area contributed by atoms with Gasteiger partial charge in [0.05, 0.1) is 10.6 Å². The number of aliphatic carboxylic acids is 1. The van der Waals surface area contributed by atoms with Gasteiger partial charge in [-0.1, -0.05) is 53.5 Å². The number of rotatable bonds is 6. The number of carboxylic acids is 2. The van der Waals surface area contributed by atoms with E-state index in [2.05, 4.69) is 10.3 Å². The number of hydrogen-bond donors (Lipinski definition) is 4. The van der Waals surface area contributed by atoms with Gasteiger partial charge in [-0.3, -0.25) is 4.79 Å². The highest BCUT2D eigenvalue weighted by Crippen LogP contribution is 2.35. The first-order valence-electron chi connectivity index (χ1n) is 9.90. The first-order chi connectivity index (χ1) is 16.2. The standard InChI is InChI=1S/C25H16Cl2N2O5/c26-15-10-19(27)21-18(22(25(33)34)29-20(21)11-15)12-17(24(31)32)14-7-4-8-16(9-14)28-23(30)13-5-2-1-3-6-13/h1-12,29H,(H,28,30)(H,31,32)(H,33,34)/b17-12+. The van der Waals surface area contributed by atoms with E-state index in [-0.39, 0.29) is 33.3 Å². The molecule has 170 valence electrons. The highest BCUT2D eigenvalue weighted by Gasteiger charge is 2.21. The van der Waals surface area contributed by atoms with Crippen molar-refractivity contribution in [3.05, 3.63) is 99.2 Å². The summed E-state index contributed by atoms with van der Waals surface area (Å²) in [6, 6.07) is 17.8. The van der Waals surface area contributed by atoms with Crippen molar-refractivity contribution in [1.29, 1.82) is 0 Å². The summed E-state index contributed by atoms with van der Waals surface area (Å²) >= 11 is 12.3. The SMILES string of the molecule is O=C(O)/C(=C/c1c(C(=O)O)[nH]c2cc(Cl)cc(Cl)c12)c1cccc(NC(=O)c2ccccc2)c1. The van der Waals surface area contributed by atoms with Gasteiger partial charge in [-0.15, -0.1) is 0 Å². The number of carbonyl (C=O) groups excluding carboxylic acids is 1. The largest absolute Gasteiger partial charge is 0.478 e. The molecule has 0 unspecified atom stereocenters. The summed E-state index contributed by atoms with van der Waals surface area (Å²) in [6.45, 7) is 0. The molecule has 4 N–H and O–H groups in total. The fourth-order valence-corrected chi connectivity index (χ4v) is 4.15. The molecule has 9 heteroatoms. The van der Waals surface area contributed by atoms with Crippen molar-refractivity contribution in [1.82, 2.24) is 4.98 Å². The van der Waals surface area contributed by atoms with Crippen molar-refractivity contribution in [3.8, 4) is 0 Å². The van der Waals surface area contributed by atoms with Gasteiger partial charge in [-0.2, -0.15) is 0 Å². The van der Waals surface area contributed by atoms with E-state index in [1.54, 1.807) is 48.5 Å². The number of benzene rings is 3. The quantitative estimate of drug-likeness (QED) is 0.243. The van der Waals surface area contributed by atoms with Crippen molar-refractivity contribution in [3.63, 3.8) is 0 Å². The van der Waals surface area contributed by atoms with Crippen molar-refractivity contribution in [2.24, 2.45) is 0 Å². The number of amides is 1. The smallest absolute Gasteiger partial charge is 0.352 e. The van der Waals surface area contributed by atoms with Gasteiger partial charge in [-0.25, -0.2) is 9.59 Å². The third-order valence-electron chi connectivity index (χ3n) is 5.05. The van der Waals surface area contributed by atoms with Crippen LogP contribution in [0, 0.1) is 0 Å². The zero-order valence-corrected chi connectivity index (χ0v) is 18.8. The van der Waals surface area contributed by atoms with Gasteiger partial charge in [0.25, 0.3) is 5.91 Å². The normalized spacial score (nSPS) is 11.4. The molecule has 0 bridgehead atoms. The second-order valence-corrected chi connectivity index (χ2v) is 8.14. The Hall–Kier alpha value is -4.07. The maximum Gasteiger partial charge on any atom is 0.352 e.